The number of hydrogen-bond donors (Lipinski definition) is 2. The minimum Gasteiger partial charge on any atom is -0.537 e. The zero-order valence-electron chi connectivity index (χ0n) is 21.6. The fraction of sp³-hybridized carbons (Fsp3) is 0.321. The van der Waals surface area contributed by atoms with Crippen molar-refractivity contribution in [3.05, 3.63) is 83.4 Å². The van der Waals surface area contributed by atoms with E-state index in [9.17, 15) is 13.2 Å². The van der Waals surface area contributed by atoms with Gasteiger partial charge in [0.15, 0.2) is 9.84 Å². The SMILES string of the molecule is CN(C)Cc1cc(NC(=O)CCc2cc(O[B]O)ccc2OCc2ccccc2)ccc1S(=O)(=O)C1CC1. The van der Waals surface area contributed by atoms with Gasteiger partial charge in [-0.15, -0.1) is 0 Å². The highest BCUT2D eigenvalue weighted by Gasteiger charge is 2.38. The summed E-state index contributed by atoms with van der Waals surface area (Å²) in [4.78, 5) is 15.1. The molecule has 1 radical (unpaired) electrons. The first kappa shape index (κ1) is 27.7. The predicted octanol–water partition coefficient (Wildman–Crippen LogP) is 3.74. The summed E-state index contributed by atoms with van der Waals surface area (Å²) in [6.07, 6.45) is 1.93. The fourth-order valence-corrected chi connectivity index (χ4v) is 6.05. The molecule has 0 bridgehead atoms. The summed E-state index contributed by atoms with van der Waals surface area (Å²) in [5.74, 6) is 0.832. The molecule has 1 fully saturated rings. The maximum atomic E-state index is 12.9. The van der Waals surface area contributed by atoms with E-state index in [4.69, 9.17) is 14.4 Å². The van der Waals surface area contributed by atoms with Crippen LogP contribution >= 0.6 is 0 Å². The van der Waals surface area contributed by atoms with Crippen LogP contribution in [0.2, 0.25) is 0 Å². The molecule has 0 aromatic heterocycles. The van der Waals surface area contributed by atoms with E-state index in [-0.39, 0.29) is 17.6 Å². The summed E-state index contributed by atoms with van der Waals surface area (Å²) in [6.45, 7) is 0.818. The fourth-order valence-electron chi connectivity index (χ4n) is 4.19. The van der Waals surface area contributed by atoms with Crippen molar-refractivity contribution in [3.63, 3.8) is 0 Å². The molecule has 0 atom stereocenters. The van der Waals surface area contributed by atoms with Crippen molar-refractivity contribution < 1.29 is 27.6 Å². The number of rotatable bonds is 13. The van der Waals surface area contributed by atoms with E-state index in [0.29, 0.717) is 67.7 Å². The summed E-state index contributed by atoms with van der Waals surface area (Å²) >= 11 is 0. The number of hydrogen-bond acceptors (Lipinski definition) is 7. The molecule has 0 unspecified atom stereocenters. The second-order valence-corrected chi connectivity index (χ2v) is 11.8. The lowest BCUT2D eigenvalue weighted by Crippen LogP contribution is -2.18. The van der Waals surface area contributed by atoms with Crippen molar-refractivity contribution in [3.8, 4) is 11.5 Å². The second kappa shape index (κ2) is 12.5. The van der Waals surface area contributed by atoms with Crippen LogP contribution < -0.4 is 14.7 Å². The highest BCUT2D eigenvalue weighted by molar-refractivity contribution is 7.92. The Balaban J connectivity index is 1.45. The predicted molar refractivity (Wildman–Crippen MR) is 147 cm³/mol. The van der Waals surface area contributed by atoms with Crippen LogP contribution in [0.1, 0.15) is 36.0 Å². The third-order valence-corrected chi connectivity index (χ3v) is 8.54. The molecule has 0 saturated heterocycles. The van der Waals surface area contributed by atoms with Gasteiger partial charge >= 0.3 is 7.69 Å². The number of ether oxygens (including phenoxy) is 1. The van der Waals surface area contributed by atoms with E-state index >= 15 is 0 Å². The highest BCUT2D eigenvalue weighted by Crippen LogP contribution is 2.36. The Bertz CT molecular complexity index is 1360. The minimum atomic E-state index is -3.36. The number of sulfone groups is 1. The molecule has 199 valence electrons. The van der Waals surface area contributed by atoms with Crippen molar-refractivity contribution in [1.82, 2.24) is 4.90 Å². The van der Waals surface area contributed by atoms with Gasteiger partial charge in [-0.05, 0) is 86.4 Å². The van der Waals surface area contributed by atoms with Crippen molar-refractivity contribution >= 4 is 29.1 Å². The zero-order valence-corrected chi connectivity index (χ0v) is 22.4. The molecule has 0 aliphatic heterocycles. The Morgan fingerprint density at radius 1 is 1.05 bits per heavy atom. The average Bonchev–Trinajstić information content (AvgIpc) is 3.74. The quantitative estimate of drug-likeness (QED) is 0.322. The number of carbonyl (C=O) groups is 1. The van der Waals surface area contributed by atoms with Gasteiger partial charge in [0.1, 0.15) is 18.1 Å². The number of amides is 1. The van der Waals surface area contributed by atoms with Crippen LogP contribution in [0.4, 0.5) is 5.69 Å². The second-order valence-electron chi connectivity index (χ2n) is 9.62. The monoisotopic (exact) mass is 535 g/mol. The maximum absolute atomic E-state index is 12.9. The third kappa shape index (κ3) is 7.37. The van der Waals surface area contributed by atoms with Gasteiger partial charge in [0.05, 0.1) is 10.1 Å². The smallest absolute Gasteiger partial charge is 0.537 e. The van der Waals surface area contributed by atoms with E-state index < -0.39 is 9.84 Å². The van der Waals surface area contributed by atoms with Crippen molar-refractivity contribution in [2.24, 2.45) is 0 Å². The van der Waals surface area contributed by atoms with E-state index in [2.05, 4.69) is 5.32 Å². The number of carbonyl (C=O) groups excluding carboxylic acids is 1. The highest BCUT2D eigenvalue weighted by atomic mass is 32.2. The van der Waals surface area contributed by atoms with Gasteiger partial charge < -0.3 is 24.6 Å². The van der Waals surface area contributed by atoms with Crippen LogP contribution in [0.15, 0.2) is 71.6 Å². The summed E-state index contributed by atoms with van der Waals surface area (Å²) in [5.41, 5.74) is 2.99. The molecule has 8 nitrogen and oxygen atoms in total. The summed E-state index contributed by atoms with van der Waals surface area (Å²) in [5, 5.41) is 11.6. The number of aryl methyl sites for hydroxylation is 1. The van der Waals surface area contributed by atoms with Gasteiger partial charge in [0.25, 0.3) is 0 Å². The molecule has 1 amide bonds. The van der Waals surface area contributed by atoms with Crippen LogP contribution in [0.5, 0.6) is 11.5 Å². The van der Waals surface area contributed by atoms with Crippen LogP contribution in [-0.4, -0.2) is 51.3 Å². The Morgan fingerprint density at radius 2 is 1.82 bits per heavy atom. The van der Waals surface area contributed by atoms with E-state index in [1.54, 1.807) is 36.4 Å². The topological polar surface area (TPSA) is 105 Å². The van der Waals surface area contributed by atoms with Gasteiger partial charge in [-0.2, -0.15) is 0 Å². The first-order chi connectivity index (χ1) is 18.3. The molecule has 10 heteroatoms. The molecular formula is C28H32BN2O6S. The number of nitrogens with one attached hydrogen (secondary N) is 1. The Kier molecular flexibility index (Phi) is 9.09. The summed E-state index contributed by atoms with van der Waals surface area (Å²) in [6, 6.07) is 19.9. The molecule has 38 heavy (non-hydrogen) atoms. The standard InChI is InChI=1S/C28H32BN2O6S/c1-31(2)18-22-16-23(9-14-27(22)38(34,35)25-11-12-25)30-28(32)15-8-21-17-24(37-29-33)10-13-26(21)36-19-20-6-4-3-5-7-20/h3-7,9-10,13-14,16-17,25,33H,8,11-12,15,18-19H2,1-2H3,(H,30,32). The third-order valence-electron chi connectivity index (χ3n) is 6.18. The molecule has 1 aliphatic rings. The first-order valence-electron chi connectivity index (χ1n) is 12.5. The lowest BCUT2D eigenvalue weighted by atomic mass is 10.1. The summed E-state index contributed by atoms with van der Waals surface area (Å²) in [7, 11) is 1.00. The van der Waals surface area contributed by atoms with E-state index in [1.807, 2.05) is 49.3 Å². The van der Waals surface area contributed by atoms with Gasteiger partial charge in [-0.1, -0.05) is 30.3 Å². The van der Waals surface area contributed by atoms with Crippen LogP contribution in [-0.2, 0) is 34.2 Å². The Morgan fingerprint density at radius 3 is 2.50 bits per heavy atom. The van der Waals surface area contributed by atoms with Crippen molar-refractivity contribution in [1.29, 1.82) is 0 Å². The number of anilines is 1. The van der Waals surface area contributed by atoms with Crippen molar-refractivity contribution in [2.45, 2.75) is 49.0 Å². The molecule has 3 aromatic rings. The Labute approximate surface area is 224 Å². The number of nitrogens with zero attached hydrogens (tertiary/aromatic N) is 1. The minimum absolute atomic E-state index is 0.166. The van der Waals surface area contributed by atoms with Crippen LogP contribution in [0.3, 0.4) is 0 Å². The van der Waals surface area contributed by atoms with Gasteiger partial charge in [0, 0.05) is 18.7 Å². The largest absolute Gasteiger partial charge is 0.569 e. The average molecular weight is 535 g/mol. The Hall–Kier alpha value is -3.34. The van der Waals surface area contributed by atoms with Crippen molar-refractivity contribution in [2.75, 3.05) is 19.4 Å². The number of benzene rings is 3. The van der Waals surface area contributed by atoms with Gasteiger partial charge in [0.2, 0.25) is 5.91 Å². The summed E-state index contributed by atoms with van der Waals surface area (Å²) < 4.78 is 36.9. The van der Waals surface area contributed by atoms with Gasteiger partial charge in [-0.25, -0.2) is 8.42 Å². The maximum Gasteiger partial charge on any atom is 0.569 e. The molecule has 0 spiro atoms. The van der Waals surface area contributed by atoms with Crippen LogP contribution in [0.25, 0.3) is 0 Å². The normalized spacial score (nSPS) is 13.3. The molecule has 1 saturated carbocycles. The lowest BCUT2D eigenvalue weighted by Gasteiger charge is -2.17. The molecule has 4 rings (SSSR count). The molecule has 3 aromatic carbocycles. The van der Waals surface area contributed by atoms with E-state index in [0.717, 1.165) is 11.1 Å². The van der Waals surface area contributed by atoms with Gasteiger partial charge in [-0.3, -0.25) is 4.79 Å². The van der Waals surface area contributed by atoms with E-state index in [1.165, 1.54) is 0 Å². The zero-order chi connectivity index (χ0) is 27.1. The lowest BCUT2D eigenvalue weighted by molar-refractivity contribution is -0.116. The molecule has 2 N–H and O–H groups in total. The first-order valence-corrected chi connectivity index (χ1v) is 14.0. The van der Waals surface area contributed by atoms with Crippen LogP contribution in [0, 0.1) is 0 Å². The molecule has 1 aliphatic carbocycles. The molecule has 0 heterocycles. The molecular weight excluding hydrogens is 503 g/mol.